The second-order valence-corrected chi connectivity index (χ2v) is 4.00. The number of carbonyl (C=O) groups excluding carboxylic acids is 1. The molecule has 0 aliphatic carbocycles. The smallest absolute Gasteiger partial charge is 0.426 e. The zero-order valence-corrected chi connectivity index (χ0v) is 10.2. The van der Waals surface area contributed by atoms with Crippen LogP contribution in [0.15, 0.2) is 0 Å². The minimum absolute atomic E-state index is 0.00255. The molecule has 102 valence electrons. The highest BCUT2D eigenvalue weighted by Crippen LogP contribution is 2.27. The van der Waals surface area contributed by atoms with Crippen LogP contribution in [0.5, 0.6) is 0 Å². The van der Waals surface area contributed by atoms with Crippen molar-refractivity contribution in [3.05, 3.63) is 0 Å². The molecular weight excluding hydrogens is 244 g/mol. The molecule has 2 N–H and O–H groups in total. The number of ether oxygens (including phenoxy) is 1. The van der Waals surface area contributed by atoms with E-state index in [9.17, 15) is 14.4 Å². The molecule has 0 saturated carbocycles. The van der Waals surface area contributed by atoms with Gasteiger partial charge in [0.15, 0.2) is 0 Å². The molecule has 0 aromatic heterocycles. The summed E-state index contributed by atoms with van der Waals surface area (Å²) in [6, 6.07) is -0.581. The summed E-state index contributed by atoms with van der Waals surface area (Å²) in [5.41, 5.74) is 0. The molecule has 1 heterocycles. The van der Waals surface area contributed by atoms with Crippen LogP contribution in [0.4, 0.5) is 9.59 Å². The highest BCUT2D eigenvalue weighted by Gasteiger charge is 2.43. The van der Waals surface area contributed by atoms with Crippen LogP contribution in [-0.2, 0) is 9.53 Å². The third-order valence-electron chi connectivity index (χ3n) is 2.89. The molecule has 0 bridgehead atoms. The van der Waals surface area contributed by atoms with Crippen molar-refractivity contribution < 1.29 is 29.3 Å². The normalized spacial score (nSPS) is 23.0. The van der Waals surface area contributed by atoms with Gasteiger partial charge in [0.1, 0.15) is 0 Å². The molecule has 18 heavy (non-hydrogen) atoms. The van der Waals surface area contributed by atoms with E-state index in [1.807, 2.05) is 0 Å². The van der Waals surface area contributed by atoms with E-state index >= 15 is 0 Å². The number of rotatable bonds is 3. The molecule has 1 rings (SSSR count). The number of hydrogen-bond donors (Lipinski definition) is 2. The number of hydrazine groups is 1. The van der Waals surface area contributed by atoms with Gasteiger partial charge in [0.2, 0.25) is 0 Å². The van der Waals surface area contributed by atoms with Crippen molar-refractivity contribution in [2.24, 2.45) is 5.92 Å². The molecule has 0 spiro atoms. The first-order valence-corrected chi connectivity index (χ1v) is 5.56. The highest BCUT2D eigenvalue weighted by atomic mass is 16.5. The maximum Gasteiger partial charge on any atom is 0.426 e. The van der Waals surface area contributed by atoms with Crippen molar-refractivity contribution in [2.45, 2.75) is 26.3 Å². The van der Waals surface area contributed by atoms with Crippen molar-refractivity contribution >= 4 is 18.2 Å². The van der Waals surface area contributed by atoms with Crippen LogP contribution in [0.1, 0.15) is 20.3 Å². The number of esters is 1. The Kier molecular flexibility index (Phi) is 4.35. The fourth-order valence-corrected chi connectivity index (χ4v) is 2.00. The Morgan fingerprint density at radius 2 is 1.89 bits per heavy atom. The molecule has 0 aromatic rings. The van der Waals surface area contributed by atoms with E-state index in [4.69, 9.17) is 14.9 Å². The molecule has 1 fully saturated rings. The summed E-state index contributed by atoms with van der Waals surface area (Å²) in [4.78, 5) is 33.3. The second kappa shape index (κ2) is 5.56. The lowest BCUT2D eigenvalue weighted by Gasteiger charge is -2.25. The van der Waals surface area contributed by atoms with Gasteiger partial charge < -0.3 is 14.9 Å². The Bertz CT molecular complexity index is 358. The molecule has 8 nitrogen and oxygen atoms in total. The SMILES string of the molecule is CCOC(=O)C[C@H]1CN(C(=O)O)N(C(=O)O)[C@@H]1C. The monoisotopic (exact) mass is 260 g/mol. The molecule has 0 aromatic carbocycles. The van der Waals surface area contributed by atoms with Gasteiger partial charge in [0, 0.05) is 5.92 Å². The molecule has 8 heteroatoms. The van der Waals surface area contributed by atoms with Crippen molar-refractivity contribution in [2.75, 3.05) is 13.2 Å². The average Bonchev–Trinajstić information content (AvgIpc) is 2.56. The van der Waals surface area contributed by atoms with Crippen LogP contribution >= 0.6 is 0 Å². The second-order valence-electron chi connectivity index (χ2n) is 4.00. The van der Waals surface area contributed by atoms with Crippen molar-refractivity contribution in [3.8, 4) is 0 Å². The third-order valence-corrected chi connectivity index (χ3v) is 2.89. The van der Waals surface area contributed by atoms with Crippen molar-refractivity contribution in [3.63, 3.8) is 0 Å². The summed E-state index contributed by atoms with van der Waals surface area (Å²) in [6.45, 7) is 3.46. The lowest BCUT2D eigenvalue weighted by molar-refractivity contribution is -0.144. The maximum atomic E-state index is 11.3. The molecule has 2 atom stereocenters. The lowest BCUT2D eigenvalue weighted by atomic mass is 9.99. The van der Waals surface area contributed by atoms with Gasteiger partial charge in [-0.3, -0.25) is 4.79 Å². The van der Waals surface area contributed by atoms with Crippen molar-refractivity contribution in [1.29, 1.82) is 0 Å². The van der Waals surface area contributed by atoms with Crippen LogP contribution < -0.4 is 0 Å². The molecule has 0 unspecified atom stereocenters. The number of carbonyl (C=O) groups is 3. The molecule has 1 saturated heterocycles. The van der Waals surface area contributed by atoms with E-state index in [0.29, 0.717) is 5.01 Å². The summed E-state index contributed by atoms with van der Waals surface area (Å²) in [5.74, 6) is -0.844. The Morgan fingerprint density at radius 3 is 2.28 bits per heavy atom. The van der Waals surface area contributed by atoms with E-state index in [1.165, 1.54) is 0 Å². The van der Waals surface area contributed by atoms with Crippen LogP contribution in [0.3, 0.4) is 0 Å². The fourth-order valence-electron chi connectivity index (χ4n) is 2.00. The number of nitrogens with zero attached hydrogens (tertiary/aromatic N) is 2. The lowest BCUT2D eigenvalue weighted by Crippen LogP contribution is -2.46. The molecule has 1 aliphatic heterocycles. The zero-order valence-electron chi connectivity index (χ0n) is 10.2. The summed E-state index contributed by atoms with van der Waals surface area (Å²) < 4.78 is 4.77. The minimum atomic E-state index is -1.35. The standard InChI is InChI=1S/C10H16N2O6/c1-3-18-8(13)4-7-5-11(9(14)15)12(6(7)2)10(16)17/h6-7H,3-5H2,1-2H3,(H,14,15)(H,16,17)/t6-,7+/m1/s1. The quantitative estimate of drug-likeness (QED) is 0.728. The van der Waals surface area contributed by atoms with E-state index < -0.39 is 30.1 Å². The van der Waals surface area contributed by atoms with E-state index in [0.717, 1.165) is 5.01 Å². The number of amides is 2. The van der Waals surface area contributed by atoms with Gasteiger partial charge in [-0.1, -0.05) is 0 Å². The van der Waals surface area contributed by atoms with Crippen LogP contribution in [0.2, 0.25) is 0 Å². The Hall–Kier alpha value is -1.99. The van der Waals surface area contributed by atoms with Gasteiger partial charge >= 0.3 is 18.2 Å². The van der Waals surface area contributed by atoms with Gasteiger partial charge in [-0.25, -0.2) is 19.6 Å². The molecular formula is C10H16N2O6. The van der Waals surface area contributed by atoms with E-state index in [1.54, 1.807) is 13.8 Å². The first-order valence-electron chi connectivity index (χ1n) is 5.56. The predicted molar refractivity (Wildman–Crippen MR) is 58.8 cm³/mol. The first-order chi connectivity index (χ1) is 8.38. The fraction of sp³-hybridized carbons (Fsp3) is 0.700. The molecule has 2 amide bonds. The Balaban J connectivity index is 2.76. The Labute approximate surface area is 104 Å². The van der Waals surface area contributed by atoms with Crippen LogP contribution in [0, 0.1) is 5.92 Å². The number of hydrogen-bond acceptors (Lipinski definition) is 4. The summed E-state index contributed by atoms with van der Waals surface area (Å²) in [6.07, 6.45) is -2.70. The summed E-state index contributed by atoms with van der Waals surface area (Å²) >= 11 is 0. The van der Waals surface area contributed by atoms with Gasteiger partial charge in [-0.2, -0.15) is 0 Å². The average molecular weight is 260 g/mol. The van der Waals surface area contributed by atoms with Gasteiger partial charge in [0.25, 0.3) is 0 Å². The number of carboxylic acid groups (broad SMARTS) is 2. The van der Waals surface area contributed by atoms with E-state index in [-0.39, 0.29) is 19.6 Å². The zero-order chi connectivity index (χ0) is 13.9. The predicted octanol–water partition coefficient (Wildman–Crippen LogP) is 0.833. The van der Waals surface area contributed by atoms with Crippen LogP contribution in [-0.4, -0.2) is 57.6 Å². The molecule has 1 aliphatic rings. The summed E-state index contributed by atoms with van der Waals surface area (Å²) in [5, 5.41) is 19.3. The largest absolute Gasteiger partial charge is 0.466 e. The topological polar surface area (TPSA) is 107 Å². The van der Waals surface area contributed by atoms with Gasteiger partial charge in [0.05, 0.1) is 25.6 Å². The highest BCUT2D eigenvalue weighted by molar-refractivity contribution is 5.74. The van der Waals surface area contributed by atoms with Crippen molar-refractivity contribution in [1.82, 2.24) is 10.0 Å². The molecule has 0 radical (unpaired) electrons. The summed E-state index contributed by atoms with van der Waals surface area (Å²) in [7, 11) is 0. The minimum Gasteiger partial charge on any atom is -0.466 e. The van der Waals surface area contributed by atoms with Gasteiger partial charge in [-0.15, -0.1) is 0 Å². The van der Waals surface area contributed by atoms with Gasteiger partial charge in [-0.05, 0) is 13.8 Å². The van der Waals surface area contributed by atoms with E-state index in [2.05, 4.69) is 0 Å². The van der Waals surface area contributed by atoms with Crippen LogP contribution in [0.25, 0.3) is 0 Å². The third kappa shape index (κ3) is 2.82. The maximum absolute atomic E-state index is 11.3. The Morgan fingerprint density at radius 1 is 1.28 bits per heavy atom. The first kappa shape index (κ1) is 14.1.